The number of nitrogens with zero attached hydrogens (tertiary/aromatic N) is 4. The molecule has 27 heavy (non-hydrogen) atoms. The van der Waals surface area contributed by atoms with Crippen molar-refractivity contribution in [3.8, 4) is 34.0 Å². The number of hydrogen-bond acceptors (Lipinski definition) is 5. The van der Waals surface area contributed by atoms with Crippen LogP contribution in [0.3, 0.4) is 0 Å². The topological polar surface area (TPSA) is 61.5 Å². The van der Waals surface area contributed by atoms with Crippen LogP contribution >= 0.6 is 0 Å². The average molecular weight is 358 g/mol. The van der Waals surface area contributed by atoms with Gasteiger partial charge < -0.3 is 9.47 Å². The first-order chi connectivity index (χ1) is 13.3. The first kappa shape index (κ1) is 15.8. The van der Waals surface area contributed by atoms with Crippen LogP contribution in [0, 0.1) is 6.92 Å². The van der Waals surface area contributed by atoms with Crippen LogP contribution in [-0.2, 0) is 0 Å². The van der Waals surface area contributed by atoms with Crippen molar-refractivity contribution in [2.24, 2.45) is 0 Å². The van der Waals surface area contributed by atoms with Crippen molar-refractivity contribution in [3.05, 3.63) is 60.7 Å². The van der Waals surface area contributed by atoms with Crippen molar-refractivity contribution in [1.82, 2.24) is 19.4 Å². The van der Waals surface area contributed by atoms with Gasteiger partial charge in [-0.25, -0.2) is 9.97 Å². The Hall–Kier alpha value is -3.41. The summed E-state index contributed by atoms with van der Waals surface area (Å²) in [6.45, 7) is 3.31. The monoisotopic (exact) mass is 358 g/mol. The normalized spacial score (nSPS) is 13.5. The Morgan fingerprint density at radius 1 is 0.926 bits per heavy atom. The van der Waals surface area contributed by atoms with Crippen LogP contribution in [-0.4, -0.2) is 32.6 Å². The van der Waals surface area contributed by atoms with Gasteiger partial charge in [0, 0.05) is 41.8 Å². The van der Waals surface area contributed by atoms with Crippen molar-refractivity contribution in [2.75, 3.05) is 13.2 Å². The zero-order valence-corrected chi connectivity index (χ0v) is 14.9. The van der Waals surface area contributed by atoms with E-state index in [9.17, 15) is 0 Å². The molecule has 1 aliphatic heterocycles. The van der Waals surface area contributed by atoms with Crippen LogP contribution in [0.5, 0.6) is 11.5 Å². The van der Waals surface area contributed by atoms with Gasteiger partial charge in [0.25, 0.3) is 0 Å². The number of imidazole rings is 1. The maximum Gasteiger partial charge on any atom is 0.234 e. The number of hydrogen-bond donors (Lipinski definition) is 0. The minimum absolute atomic E-state index is 0.652. The van der Waals surface area contributed by atoms with Gasteiger partial charge in [-0.05, 0) is 43.3 Å². The van der Waals surface area contributed by atoms with Crippen LogP contribution in [0.4, 0.5) is 0 Å². The molecular formula is C21H18N4O2. The van der Waals surface area contributed by atoms with Crippen molar-refractivity contribution in [3.63, 3.8) is 0 Å². The van der Waals surface area contributed by atoms with Crippen LogP contribution in [0.25, 0.3) is 28.3 Å². The number of fused-ring (bicyclic) bond motifs is 2. The van der Waals surface area contributed by atoms with Gasteiger partial charge in [-0.2, -0.15) is 0 Å². The van der Waals surface area contributed by atoms with E-state index in [0.717, 1.165) is 46.1 Å². The van der Waals surface area contributed by atoms with Crippen molar-refractivity contribution < 1.29 is 9.47 Å². The predicted octanol–water partition coefficient (Wildman–Crippen LogP) is 3.93. The van der Waals surface area contributed by atoms with Gasteiger partial charge in [0.05, 0.1) is 24.6 Å². The second-order valence-electron chi connectivity index (χ2n) is 6.50. The van der Waals surface area contributed by atoms with E-state index >= 15 is 0 Å². The number of benzene rings is 1. The minimum Gasteiger partial charge on any atom is -0.490 e. The highest BCUT2D eigenvalue weighted by Crippen LogP contribution is 2.38. The van der Waals surface area contributed by atoms with Gasteiger partial charge >= 0.3 is 0 Å². The zero-order chi connectivity index (χ0) is 18.2. The molecule has 0 aliphatic carbocycles. The Labute approximate surface area is 156 Å². The van der Waals surface area contributed by atoms with E-state index in [-0.39, 0.29) is 0 Å². The molecule has 1 aliphatic rings. The summed E-state index contributed by atoms with van der Waals surface area (Å²) in [7, 11) is 0. The molecular weight excluding hydrogens is 340 g/mol. The molecule has 0 radical (unpaired) electrons. The van der Waals surface area contributed by atoms with Gasteiger partial charge in [0.15, 0.2) is 11.5 Å². The first-order valence-electron chi connectivity index (χ1n) is 8.96. The second-order valence-corrected chi connectivity index (χ2v) is 6.50. The molecule has 6 nitrogen and oxygen atoms in total. The molecule has 0 spiro atoms. The minimum atomic E-state index is 0.652. The molecule has 0 atom stereocenters. The molecule has 0 bridgehead atoms. The Kier molecular flexibility index (Phi) is 3.74. The molecule has 134 valence electrons. The standard InChI is InChI=1S/C21H18N4O2/c1-14-12-16(6-8-22-14)20-19(24-21-23-7-2-9-25(20)21)15-4-5-17-18(13-15)27-11-3-10-26-17/h2,4-9,12-13H,3,10-11H2,1H3. The molecule has 5 rings (SSSR count). The van der Waals surface area contributed by atoms with Crippen LogP contribution in [0.15, 0.2) is 55.0 Å². The molecule has 4 aromatic rings. The molecule has 3 aromatic heterocycles. The maximum absolute atomic E-state index is 5.86. The van der Waals surface area contributed by atoms with Crippen LogP contribution < -0.4 is 9.47 Å². The number of aromatic nitrogens is 4. The first-order valence-corrected chi connectivity index (χ1v) is 8.96. The van der Waals surface area contributed by atoms with Gasteiger partial charge in [-0.3, -0.25) is 9.38 Å². The third-order valence-corrected chi connectivity index (χ3v) is 4.59. The van der Waals surface area contributed by atoms with E-state index in [0.29, 0.717) is 19.0 Å². The Balaban J connectivity index is 1.74. The van der Waals surface area contributed by atoms with Gasteiger partial charge in [-0.15, -0.1) is 0 Å². The summed E-state index contributed by atoms with van der Waals surface area (Å²) in [5.41, 5.74) is 4.81. The predicted molar refractivity (Wildman–Crippen MR) is 102 cm³/mol. The Morgan fingerprint density at radius 2 is 1.81 bits per heavy atom. The van der Waals surface area contributed by atoms with E-state index in [1.165, 1.54) is 0 Å². The summed E-state index contributed by atoms with van der Waals surface area (Å²) >= 11 is 0. The average Bonchev–Trinajstić information content (AvgIpc) is 2.92. The zero-order valence-electron chi connectivity index (χ0n) is 14.9. The molecule has 0 saturated heterocycles. The van der Waals surface area contributed by atoms with Gasteiger partial charge in [0.1, 0.15) is 0 Å². The quantitative estimate of drug-likeness (QED) is 0.543. The highest BCUT2D eigenvalue weighted by Gasteiger charge is 2.19. The molecule has 0 N–H and O–H groups in total. The molecule has 6 heteroatoms. The fourth-order valence-corrected chi connectivity index (χ4v) is 3.37. The number of ether oxygens (including phenoxy) is 2. The smallest absolute Gasteiger partial charge is 0.234 e. The molecule has 0 unspecified atom stereocenters. The maximum atomic E-state index is 5.86. The lowest BCUT2D eigenvalue weighted by molar-refractivity contribution is 0.297. The summed E-state index contributed by atoms with van der Waals surface area (Å²) in [6, 6.07) is 11.9. The summed E-state index contributed by atoms with van der Waals surface area (Å²) in [5, 5.41) is 0. The number of rotatable bonds is 2. The fraction of sp³-hybridized carbons (Fsp3) is 0.190. The summed E-state index contributed by atoms with van der Waals surface area (Å²) in [5.74, 6) is 2.19. The van der Waals surface area contributed by atoms with E-state index < -0.39 is 0 Å². The Bertz CT molecular complexity index is 1140. The van der Waals surface area contributed by atoms with E-state index in [4.69, 9.17) is 14.5 Å². The third-order valence-electron chi connectivity index (χ3n) is 4.59. The summed E-state index contributed by atoms with van der Waals surface area (Å²) < 4.78 is 13.6. The lowest BCUT2D eigenvalue weighted by Crippen LogP contribution is -1.97. The lowest BCUT2D eigenvalue weighted by Gasteiger charge is -2.10. The SMILES string of the molecule is Cc1cc(-c2c(-c3ccc4c(c3)OCCCO4)nc3ncccn23)ccn1. The van der Waals surface area contributed by atoms with Crippen molar-refractivity contribution in [1.29, 1.82) is 0 Å². The largest absolute Gasteiger partial charge is 0.490 e. The van der Waals surface area contributed by atoms with E-state index in [2.05, 4.69) is 16.0 Å². The van der Waals surface area contributed by atoms with Crippen LogP contribution in [0.1, 0.15) is 12.1 Å². The molecule has 0 fully saturated rings. The molecule has 4 heterocycles. The van der Waals surface area contributed by atoms with Gasteiger partial charge in [0.2, 0.25) is 5.78 Å². The highest BCUT2D eigenvalue weighted by molar-refractivity contribution is 5.82. The summed E-state index contributed by atoms with van der Waals surface area (Å²) in [4.78, 5) is 13.5. The molecule has 0 amide bonds. The van der Waals surface area contributed by atoms with Crippen molar-refractivity contribution >= 4 is 5.78 Å². The third kappa shape index (κ3) is 2.79. The fourth-order valence-electron chi connectivity index (χ4n) is 3.37. The van der Waals surface area contributed by atoms with E-state index in [1.807, 2.05) is 54.0 Å². The summed E-state index contributed by atoms with van der Waals surface area (Å²) in [6.07, 6.45) is 6.43. The van der Waals surface area contributed by atoms with Crippen molar-refractivity contribution in [2.45, 2.75) is 13.3 Å². The lowest BCUT2D eigenvalue weighted by atomic mass is 10.0. The molecule has 1 aromatic carbocycles. The number of aryl methyl sites for hydroxylation is 1. The van der Waals surface area contributed by atoms with Crippen LogP contribution in [0.2, 0.25) is 0 Å². The second kappa shape index (κ2) is 6.39. The molecule has 0 saturated carbocycles. The highest BCUT2D eigenvalue weighted by atomic mass is 16.5. The van der Waals surface area contributed by atoms with E-state index in [1.54, 1.807) is 6.20 Å². The number of pyridine rings is 1. The Morgan fingerprint density at radius 3 is 2.70 bits per heavy atom. The van der Waals surface area contributed by atoms with Gasteiger partial charge in [-0.1, -0.05) is 0 Å².